The Bertz CT molecular complexity index is 887. The lowest BCUT2D eigenvalue weighted by Gasteiger charge is -2.19. The number of aromatic nitrogens is 4. The van der Waals surface area contributed by atoms with Crippen LogP contribution < -0.4 is 10.1 Å². The van der Waals surface area contributed by atoms with E-state index in [1.807, 2.05) is 25.3 Å². The van der Waals surface area contributed by atoms with E-state index in [2.05, 4.69) is 20.4 Å². The van der Waals surface area contributed by atoms with E-state index in [0.717, 1.165) is 12.1 Å². The molecule has 0 aliphatic carbocycles. The second-order valence-electron chi connectivity index (χ2n) is 5.91. The third kappa shape index (κ3) is 3.08. The number of hydrogen-bond acceptors (Lipinski definition) is 5. The smallest absolute Gasteiger partial charge is 0.255 e. The van der Waals surface area contributed by atoms with Crippen LogP contribution in [0, 0.1) is 0 Å². The maximum atomic E-state index is 12.6. The minimum Gasteiger partial charge on any atom is -0.482 e. The molecule has 0 radical (unpaired) electrons. The van der Waals surface area contributed by atoms with E-state index < -0.39 is 0 Å². The molecule has 0 bridgehead atoms. The van der Waals surface area contributed by atoms with Crippen LogP contribution in [0.2, 0.25) is 0 Å². The maximum absolute atomic E-state index is 12.6. The first-order valence-electron chi connectivity index (χ1n) is 8.24. The molecule has 3 aromatic heterocycles. The zero-order valence-electron chi connectivity index (χ0n) is 13.8. The van der Waals surface area contributed by atoms with Gasteiger partial charge in [-0.15, -0.1) is 0 Å². The van der Waals surface area contributed by atoms with Crippen LogP contribution in [0.15, 0.2) is 36.9 Å². The van der Waals surface area contributed by atoms with Crippen molar-refractivity contribution in [3.05, 3.63) is 42.5 Å². The van der Waals surface area contributed by atoms with Crippen LogP contribution >= 0.6 is 0 Å². The van der Waals surface area contributed by atoms with Crippen molar-refractivity contribution in [2.24, 2.45) is 0 Å². The van der Waals surface area contributed by atoms with E-state index in [1.54, 1.807) is 23.3 Å². The Labute approximate surface area is 144 Å². The number of carbonyl (C=O) groups is 1. The zero-order chi connectivity index (χ0) is 17.2. The molecule has 1 aliphatic heterocycles. The number of fused-ring (bicyclic) bond motifs is 1. The number of aryl methyl sites for hydroxylation is 1. The standard InChI is InChI=1S/C17H19N5O3/c1-2-22-8-11(6-20-22)25-15-10-24-9-14(15)21-17(23)12-7-19-13-4-3-5-18-16(12)13/h3-8,14-15,19H,2,9-10H2,1H3,(H,21,23)/t14-,15+/m0/s1. The fourth-order valence-corrected chi connectivity index (χ4v) is 2.91. The van der Waals surface area contributed by atoms with Crippen molar-refractivity contribution in [1.29, 1.82) is 0 Å². The number of aromatic amines is 1. The molecule has 4 heterocycles. The Morgan fingerprint density at radius 3 is 3.28 bits per heavy atom. The quantitative estimate of drug-likeness (QED) is 0.731. The van der Waals surface area contributed by atoms with Crippen LogP contribution in [0.4, 0.5) is 0 Å². The molecule has 130 valence electrons. The number of H-pyrrole nitrogens is 1. The van der Waals surface area contributed by atoms with Crippen LogP contribution in [0.1, 0.15) is 17.3 Å². The SMILES string of the molecule is CCn1cc(O[C@@H]2COC[C@@H]2NC(=O)c2c[nH]c3cccnc23)cn1. The van der Waals surface area contributed by atoms with Gasteiger partial charge in [-0.1, -0.05) is 0 Å². The van der Waals surface area contributed by atoms with Crippen molar-refractivity contribution >= 4 is 16.9 Å². The molecule has 0 unspecified atom stereocenters. The summed E-state index contributed by atoms with van der Waals surface area (Å²) in [5, 5.41) is 7.18. The summed E-state index contributed by atoms with van der Waals surface area (Å²) in [6.07, 6.45) is 6.59. The number of ether oxygens (including phenoxy) is 2. The molecule has 1 aliphatic rings. The molecule has 8 nitrogen and oxygen atoms in total. The normalized spacial score (nSPS) is 20.0. The summed E-state index contributed by atoms with van der Waals surface area (Å²) in [5.41, 5.74) is 2.00. The van der Waals surface area contributed by atoms with Crippen LogP contribution in [0.25, 0.3) is 11.0 Å². The summed E-state index contributed by atoms with van der Waals surface area (Å²) in [6, 6.07) is 3.48. The highest BCUT2D eigenvalue weighted by molar-refractivity contribution is 6.05. The fraction of sp³-hybridized carbons (Fsp3) is 0.353. The average Bonchev–Trinajstić information content (AvgIpc) is 3.35. The second kappa shape index (κ2) is 6.56. The van der Waals surface area contributed by atoms with Gasteiger partial charge in [0, 0.05) is 18.9 Å². The molecule has 0 aromatic carbocycles. The molecule has 0 spiro atoms. The molecule has 25 heavy (non-hydrogen) atoms. The monoisotopic (exact) mass is 341 g/mol. The minimum atomic E-state index is -0.253. The highest BCUT2D eigenvalue weighted by atomic mass is 16.5. The molecule has 1 amide bonds. The summed E-state index contributed by atoms with van der Waals surface area (Å²) in [4.78, 5) is 20.0. The Balaban J connectivity index is 1.46. The maximum Gasteiger partial charge on any atom is 0.255 e. The lowest BCUT2D eigenvalue weighted by molar-refractivity contribution is 0.0905. The number of amides is 1. The van der Waals surface area contributed by atoms with Gasteiger partial charge in [0.05, 0.1) is 42.7 Å². The van der Waals surface area contributed by atoms with E-state index in [-0.39, 0.29) is 18.1 Å². The predicted molar refractivity (Wildman–Crippen MR) is 90.5 cm³/mol. The number of pyridine rings is 1. The van der Waals surface area contributed by atoms with Gasteiger partial charge in [-0.3, -0.25) is 14.5 Å². The largest absolute Gasteiger partial charge is 0.482 e. The van der Waals surface area contributed by atoms with Gasteiger partial charge < -0.3 is 19.8 Å². The van der Waals surface area contributed by atoms with E-state index in [1.165, 1.54) is 0 Å². The molecular formula is C17H19N5O3. The molecule has 4 rings (SSSR count). The van der Waals surface area contributed by atoms with Crippen molar-refractivity contribution < 1.29 is 14.3 Å². The summed E-state index contributed by atoms with van der Waals surface area (Å²) in [6.45, 7) is 3.62. The molecule has 8 heteroatoms. The van der Waals surface area contributed by atoms with E-state index >= 15 is 0 Å². The molecule has 2 atom stereocenters. The van der Waals surface area contributed by atoms with Crippen LogP contribution in [0.3, 0.4) is 0 Å². The number of rotatable bonds is 5. The topological polar surface area (TPSA) is 94.1 Å². The summed E-state index contributed by atoms with van der Waals surface area (Å²) in [7, 11) is 0. The first-order chi connectivity index (χ1) is 12.2. The summed E-state index contributed by atoms with van der Waals surface area (Å²) >= 11 is 0. The Morgan fingerprint density at radius 1 is 1.52 bits per heavy atom. The molecule has 0 saturated carbocycles. The first-order valence-corrected chi connectivity index (χ1v) is 8.24. The van der Waals surface area contributed by atoms with Crippen molar-refractivity contribution in [2.45, 2.75) is 25.6 Å². The molecule has 1 fully saturated rings. The van der Waals surface area contributed by atoms with Gasteiger partial charge in [0.15, 0.2) is 5.75 Å². The van der Waals surface area contributed by atoms with E-state index in [0.29, 0.717) is 30.0 Å². The van der Waals surface area contributed by atoms with Gasteiger partial charge in [-0.05, 0) is 19.1 Å². The number of nitrogens with zero attached hydrogens (tertiary/aromatic N) is 3. The minimum absolute atomic E-state index is 0.196. The van der Waals surface area contributed by atoms with Crippen molar-refractivity contribution in [3.63, 3.8) is 0 Å². The fourth-order valence-electron chi connectivity index (χ4n) is 2.91. The van der Waals surface area contributed by atoms with E-state index in [4.69, 9.17) is 9.47 Å². The Kier molecular flexibility index (Phi) is 4.10. The highest BCUT2D eigenvalue weighted by Crippen LogP contribution is 2.19. The van der Waals surface area contributed by atoms with Gasteiger partial charge >= 0.3 is 0 Å². The molecule has 1 saturated heterocycles. The number of carbonyl (C=O) groups excluding carboxylic acids is 1. The Hall–Kier alpha value is -2.87. The highest BCUT2D eigenvalue weighted by Gasteiger charge is 2.32. The second-order valence-corrected chi connectivity index (χ2v) is 5.91. The number of hydrogen-bond donors (Lipinski definition) is 2. The lowest BCUT2D eigenvalue weighted by atomic mass is 10.2. The summed E-state index contributed by atoms with van der Waals surface area (Å²) < 4.78 is 13.2. The van der Waals surface area contributed by atoms with Gasteiger partial charge in [0.25, 0.3) is 5.91 Å². The molecule has 2 N–H and O–H groups in total. The van der Waals surface area contributed by atoms with Crippen LogP contribution in [0.5, 0.6) is 5.75 Å². The van der Waals surface area contributed by atoms with Crippen LogP contribution in [-0.2, 0) is 11.3 Å². The summed E-state index contributed by atoms with van der Waals surface area (Å²) in [5.74, 6) is 0.476. The van der Waals surface area contributed by atoms with Gasteiger partial charge in [-0.25, -0.2) is 0 Å². The third-order valence-corrected chi connectivity index (χ3v) is 4.25. The van der Waals surface area contributed by atoms with Gasteiger partial charge in [0.2, 0.25) is 0 Å². The van der Waals surface area contributed by atoms with Crippen LogP contribution in [-0.4, -0.2) is 51.0 Å². The van der Waals surface area contributed by atoms with Crippen molar-refractivity contribution in [1.82, 2.24) is 25.1 Å². The lowest BCUT2D eigenvalue weighted by Crippen LogP contribution is -2.45. The Morgan fingerprint density at radius 2 is 2.44 bits per heavy atom. The zero-order valence-corrected chi connectivity index (χ0v) is 13.8. The van der Waals surface area contributed by atoms with Crippen molar-refractivity contribution in [3.8, 4) is 5.75 Å². The molecular weight excluding hydrogens is 322 g/mol. The average molecular weight is 341 g/mol. The third-order valence-electron chi connectivity index (χ3n) is 4.25. The van der Waals surface area contributed by atoms with E-state index in [9.17, 15) is 4.79 Å². The first kappa shape index (κ1) is 15.6. The molecule has 3 aromatic rings. The van der Waals surface area contributed by atoms with Crippen molar-refractivity contribution in [2.75, 3.05) is 13.2 Å². The number of nitrogens with one attached hydrogen (secondary N) is 2. The van der Waals surface area contributed by atoms with Gasteiger partial charge in [-0.2, -0.15) is 5.10 Å². The van der Waals surface area contributed by atoms with Gasteiger partial charge in [0.1, 0.15) is 11.6 Å². The predicted octanol–water partition coefficient (Wildman–Crippen LogP) is 1.36.